The molecule has 2 bridgehead atoms. The number of fused-ring (bicyclic) bond motifs is 5. The summed E-state index contributed by atoms with van der Waals surface area (Å²) in [6.45, 7) is 2.76. The maximum atomic E-state index is 11.4. The third kappa shape index (κ3) is 0.766. The molecule has 72 valence electrons. The van der Waals surface area contributed by atoms with E-state index in [1.165, 1.54) is 0 Å². The first kappa shape index (κ1) is 7.80. The smallest absolute Gasteiger partial charge is 0.309 e. The van der Waals surface area contributed by atoms with Crippen LogP contribution in [-0.4, -0.2) is 23.8 Å². The lowest BCUT2D eigenvalue weighted by molar-refractivity contribution is -0.143. The molecule has 0 radical (unpaired) electrons. The van der Waals surface area contributed by atoms with Gasteiger partial charge in [0.2, 0.25) is 0 Å². The lowest BCUT2D eigenvalue weighted by Crippen LogP contribution is -2.32. The highest BCUT2D eigenvalue weighted by molar-refractivity contribution is 5.76. The Morgan fingerprint density at radius 3 is 3.00 bits per heavy atom. The van der Waals surface area contributed by atoms with E-state index in [1.54, 1.807) is 0 Å². The van der Waals surface area contributed by atoms with E-state index in [0.717, 1.165) is 6.42 Å². The lowest BCUT2D eigenvalue weighted by atomic mass is 9.80. The first-order valence-electron chi connectivity index (χ1n) is 5.05. The predicted molar refractivity (Wildman–Crippen MR) is 44.7 cm³/mol. The van der Waals surface area contributed by atoms with Gasteiger partial charge in [-0.25, -0.2) is 0 Å². The summed E-state index contributed by atoms with van der Waals surface area (Å²) in [6.07, 6.45) is 0.621. The summed E-state index contributed by atoms with van der Waals surface area (Å²) >= 11 is 0. The van der Waals surface area contributed by atoms with Gasteiger partial charge in [-0.2, -0.15) is 0 Å². The van der Waals surface area contributed by atoms with Crippen molar-refractivity contribution in [2.24, 2.45) is 29.6 Å². The van der Waals surface area contributed by atoms with Crippen LogP contribution in [-0.2, 0) is 9.53 Å². The van der Waals surface area contributed by atoms with Crippen LogP contribution in [0.15, 0.2) is 0 Å². The first-order valence-corrected chi connectivity index (χ1v) is 5.05. The van der Waals surface area contributed by atoms with Gasteiger partial charge in [0.15, 0.2) is 0 Å². The Labute approximate surface area is 77.1 Å². The van der Waals surface area contributed by atoms with Crippen LogP contribution in [0.3, 0.4) is 0 Å². The number of cyclic esters (lactones) is 1. The van der Waals surface area contributed by atoms with Crippen LogP contribution in [0.4, 0.5) is 0 Å². The maximum Gasteiger partial charge on any atom is 0.309 e. The summed E-state index contributed by atoms with van der Waals surface area (Å²) in [4.78, 5) is 11.4. The molecule has 3 aliphatic rings. The highest BCUT2D eigenvalue weighted by atomic mass is 16.5. The van der Waals surface area contributed by atoms with Gasteiger partial charge >= 0.3 is 5.97 Å². The van der Waals surface area contributed by atoms with Gasteiger partial charge in [0, 0.05) is 11.8 Å². The van der Waals surface area contributed by atoms with E-state index in [9.17, 15) is 9.90 Å². The standard InChI is InChI=1S/C10H14O3/c1-4-5-2-7(11)8(4)9-6(5)3-13-10(9)12/h4-9,11H,2-3H2,1H3. The van der Waals surface area contributed by atoms with E-state index in [0.29, 0.717) is 24.4 Å². The minimum absolute atomic E-state index is 0.0174. The minimum Gasteiger partial charge on any atom is -0.465 e. The number of rotatable bonds is 0. The Kier molecular flexibility index (Phi) is 1.36. The third-order valence-electron chi connectivity index (χ3n) is 4.36. The molecule has 1 saturated heterocycles. The van der Waals surface area contributed by atoms with E-state index >= 15 is 0 Å². The SMILES string of the molecule is CC1C2CC(O)C1C1C(=O)OCC21. The molecule has 1 N–H and O–H groups in total. The summed E-state index contributed by atoms with van der Waals surface area (Å²) in [5, 5.41) is 9.75. The van der Waals surface area contributed by atoms with Crippen LogP contribution in [0, 0.1) is 29.6 Å². The molecule has 0 aromatic heterocycles. The van der Waals surface area contributed by atoms with Gasteiger partial charge in [-0.1, -0.05) is 6.92 Å². The maximum absolute atomic E-state index is 11.4. The second-order valence-electron chi connectivity index (χ2n) is 4.72. The van der Waals surface area contributed by atoms with Gasteiger partial charge in [-0.3, -0.25) is 4.79 Å². The second-order valence-corrected chi connectivity index (χ2v) is 4.72. The summed E-state index contributed by atoms with van der Waals surface area (Å²) in [6, 6.07) is 0. The molecule has 3 fully saturated rings. The zero-order chi connectivity index (χ0) is 9.16. The van der Waals surface area contributed by atoms with E-state index in [2.05, 4.69) is 6.92 Å². The zero-order valence-corrected chi connectivity index (χ0v) is 7.64. The molecule has 6 atom stereocenters. The van der Waals surface area contributed by atoms with E-state index in [-0.39, 0.29) is 23.9 Å². The number of carbonyl (C=O) groups excluding carboxylic acids is 1. The fraction of sp³-hybridized carbons (Fsp3) is 0.900. The summed E-state index contributed by atoms with van der Waals surface area (Å²) in [5.74, 6) is 1.59. The highest BCUT2D eigenvalue weighted by Crippen LogP contribution is 2.58. The van der Waals surface area contributed by atoms with E-state index in [1.807, 2.05) is 0 Å². The molecule has 0 aromatic carbocycles. The highest BCUT2D eigenvalue weighted by Gasteiger charge is 2.62. The van der Waals surface area contributed by atoms with Crippen molar-refractivity contribution in [2.75, 3.05) is 6.61 Å². The van der Waals surface area contributed by atoms with Crippen LogP contribution >= 0.6 is 0 Å². The average molecular weight is 182 g/mol. The van der Waals surface area contributed by atoms with Crippen molar-refractivity contribution in [1.29, 1.82) is 0 Å². The number of ether oxygens (including phenoxy) is 1. The zero-order valence-electron chi connectivity index (χ0n) is 7.64. The van der Waals surface area contributed by atoms with Crippen molar-refractivity contribution in [2.45, 2.75) is 19.4 Å². The molecule has 0 amide bonds. The molecule has 1 aliphatic heterocycles. The molecule has 2 aliphatic carbocycles. The van der Waals surface area contributed by atoms with Crippen molar-refractivity contribution in [3.63, 3.8) is 0 Å². The van der Waals surface area contributed by atoms with Gasteiger partial charge in [0.25, 0.3) is 0 Å². The molecule has 3 nitrogen and oxygen atoms in total. The minimum atomic E-state index is -0.258. The summed E-state index contributed by atoms with van der Waals surface area (Å²) in [5.41, 5.74) is 0. The monoisotopic (exact) mass is 182 g/mol. The van der Waals surface area contributed by atoms with Crippen LogP contribution in [0.2, 0.25) is 0 Å². The number of hydrogen-bond donors (Lipinski definition) is 1. The lowest BCUT2D eigenvalue weighted by Gasteiger charge is -2.24. The van der Waals surface area contributed by atoms with Gasteiger partial charge in [0.05, 0.1) is 18.6 Å². The van der Waals surface area contributed by atoms with Gasteiger partial charge < -0.3 is 9.84 Å². The molecule has 1 heterocycles. The van der Waals surface area contributed by atoms with Crippen molar-refractivity contribution < 1.29 is 14.6 Å². The van der Waals surface area contributed by atoms with Gasteiger partial charge in [-0.05, 0) is 18.3 Å². The Balaban J connectivity index is 1.99. The average Bonchev–Trinajstić information content (AvgIpc) is 2.65. The molecule has 3 heteroatoms. The number of aliphatic hydroxyl groups is 1. The van der Waals surface area contributed by atoms with Crippen LogP contribution in [0.1, 0.15) is 13.3 Å². The molecule has 2 saturated carbocycles. The molecular formula is C10H14O3. The predicted octanol–water partition coefficient (Wildman–Crippen LogP) is 0.422. The Morgan fingerprint density at radius 1 is 1.46 bits per heavy atom. The normalized spacial score (nSPS) is 58.2. The van der Waals surface area contributed by atoms with Crippen molar-refractivity contribution in [3.8, 4) is 0 Å². The second kappa shape index (κ2) is 2.27. The van der Waals surface area contributed by atoms with E-state index < -0.39 is 0 Å². The first-order chi connectivity index (χ1) is 6.20. The number of aliphatic hydroxyl groups excluding tert-OH is 1. The molecule has 0 aromatic rings. The Morgan fingerprint density at radius 2 is 2.23 bits per heavy atom. The van der Waals surface area contributed by atoms with Crippen LogP contribution in [0.5, 0.6) is 0 Å². The topological polar surface area (TPSA) is 46.5 Å². The van der Waals surface area contributed by atoms with Crippen molar-refractivity contribution in [3.05, 3.63) is 0 Å². The van der Waals surface area contributed by atoms with Crippen LogP contribution < -0.4 is 0 Å². The quantitative estimate of drug-likeness (QED) is 0.552. The van der Waals surface area contributed by atoms with Crippen molar-refractivity contribution in [1.82, 2.24) is 0 Å². The molecular weight excluding hydrogens is 168 g/mol. The molecule has 0 spiro atoms. The number of hydrogen-bond acceptors (Lipinski definition) is 3. The van der Waals surface area contributed by atoms with E-state index in [4.69, 9.17) is 4.74 Å². The number of carbonyl (C=O) groups is 1. The fourth-order valence-corrected chi connectivity index (χ4v) is 3.80. The molecule has 13 heavy (non-hydrogen) atoms. The fourth-order valence-electron chi connectivity index (χ4n) is 3.80. The Bertz CT molecular complexity index is 263. The van der Waals surface area contributed by atoms with Crippen molar-refractivity contribution >= 4 is 5.97 Å². The van der Waals surface area contributed by atoms with Gasteiger partial charge in [0.1, 0.15) is 0 Å². The third-order valence-corrected chi connectivity index (χ3v) is 4.36. The summed E-state index contributed by atoms with van der Waals surface area (Å²) < 4.78 is 5.05. The number of esters is 1. The molecule has 3 rings (SSSR count). The van der Waals surface area contributed by atoms with Crippen LogP contribution in [0.25, 0.3) is 0 Å². The molecule has 6 unspecified atom stereocenters. The summed E-state index contributed by atoms with van der Waals surface area (Å²) in [7, 11) is 0. The van der Waals surface area contributed by atoms with Gasteiger partial charge in [-0.15, -0.1) is 0 Å². The Hall–Kier alpha value is -0.570. The largest absolute Gasteiger partial charge is 0.465 e.